The van der Waals surface area contributed by atoms with Crippen LogP contribution in [-0.4, -0.2) is 54.9 Å². The summed E-state index contributed by atoms with van der Waals surface area (Å²) in [6.07, 6.45) is 4.64. The number of aliphatic imine (C=N–C) groups is 1. The van der Waals surface area contributed by atoms with Gasteiger partial charge in [-0.15, -0.1) is 0 Å². The summed E-state index contributed by atoms with van der Waals surface area (Å²) in [6.45, 7) is 2.68. The van der Waals surface area contributed by atoms with Crippen molar-refractivity contribution < 1.29 is 9.28 Å². The molecule has 0 radical (unpaired) electrons. The van der Waals surface area contributed by atoms with Crippen molar-refractivity contribution in [3.05, 3.63) is 54.0 Å². The molecule has 1 amide bonds. The Hall–Kier alpha value is -2.40. The Morgan fingerprint density at radius 2 is 1.91 bits per heavy atom. The third kappa shape index (κ3) is 2.28. The molecular formula is C18H21N4O+. The number of nitrogens with zero attached hydrogens (tertiary/aromatic N) is 4. The molecule has 3 heterocycles. The van der Waals surface area contributed by atoms with Crippen LogP contribution in [-0.2, 0) is 4.79 Å². The molecule has 0 aliphatic carbocycles. The number of quaternary nitrogens is 1. The van der Waals surface area contributed by atoms with Gasteiger partial charge >= 0.3 is 0 Å². The summed E-state index contributed by atoms with van der Waals surface area (Å²) in [6, 6.07) is 9.90. The monoisotopic (exact) mass is 309 g/mol. The third-order valence-electron chi connectivity index (χ3n) is 4.72. The summed E-state index contributed by atoms with van der Waals surface area (Å²) < 4.78 is 0.934. The minimum absolute atomic E-state index is 0.0218. The Labute approximate surface area is 136 Å². The molecule has 0 saturated carbocycles. The van der Waals surface area contributed by atoms with Gasteiger partial charge in [-0.1, -0.05) is 18.2 Å². The third-order valence-corrected chi connectivity index (χ3v) is 4.72. The van der Waals surface area contributed by atoms with Gasteiger partial charge in [0.1, 0.15) is 6.54 Å². The predicted molar refractivity (Wildman–Crippen MR) is 90.7 cm³/mol. The Morgan fingerprint density at radius 3 is 2.70 bits per heavy atom. The molecule has 4 rings (SSSR count). The minimum atomic E-state index is -0.0218. The molecule has 0 fully saturated rings. The SMILES string of the molecule is C[N+]1(C)CCC2=C(C1)N1CC=CN=C1C(=O)N2c1ccccc1. The summed E-state index contributed by atoms with van der Waals surface area (Å²) >= 11 is 0. The molecule has 0 saturated heterocycles. The number of anilines is 1. The number of benzene rings is 1. The van der Waals surface area contributed by atoms with Crippen molar-refractivity contribution in [3.8, 4) is 0 Å². The van der Waals surface area contributed by atoms with Crippen molar-refractivity contribution in [2.75, 3.05) is 38.6 Å². The number of carbonyl (C=O) groups is 1. The summed E-state index contributed by atoms with van der Waals surface area (Å²) in [5.41, 5.74) is 3.29. The van der Waals surface area contributed by atoms with Crippen LogP contribution in [0, 0.1) is 0 Å². The fraction of sp³-hybridized carbons (Fsp3) is 0.333. The zero-order valence-electron chi connectivity index (χ0n) is 13.6. The highest BCUT2D eigenvalue weighted by atomic mass is 16.2. The van der Waals surface area contributed by atoms with E-state index in [1.54, 1.807) is 6.20 Å². The molecule has 118 valence electrons. The number of likely N-dealkylation sites (N-methyl/N-ethyl adjacent to an activating group) is 1. The summed E-state index contributed by atoms with van der Waals surface area (Å²) in [5, 5.41) is 0. The lowest BCUT2D eigenvalue weighted by Gasteiger charge is -2.46. The first-order valence-corrected chi connectivity index (χ1v) is 8.01. The van der Waals surface area contributed by atoms with Gasteiger partial charge in [0.15, 0.2) is 0 Å². The summed E-state index contributed by atoms with van der Waals surface area (Å²) in [5.74, 6) is 0.517. The minimum Gasteiger partial charge on any atom is -0.323 e. The van der Waals surface area contributed by atoms with Crippen LogP contribution in [0.5, 0.6) is 0 Å². The molecule has 0 aromatic heterocycles. The van der Waals surface area contributed by atoms with Crippen LogP contribution >= 0.6 is 0 Å². The number of hydrogen-bond acceptors (Lipinski definition) is 3. The quantitative estimate of drug-likeness (QED) is 0.744. The number of carbonyl (C=O) groups excluding carboxylic acids is 1. The van der Waals surface area contributed by atoms with Crippen LogP contribution in [0.25, 0.3) is 0 Å². The van der Waals surface area contributed by atoms with Gasteiger partial charge < -0.3 is 9.38 Å². The van der Waals surface area contributed by atoms with E-state index in [9.17, 15) is 4.79 Å². The van der Waals surface area contributed by atoms with Gasteiger partial charge in [0.2, 0.25) is 5.84 Å². The van der Waals surface area contributed by atoms with Crippen LogP contribution in [0.2, 0.25) is 0 Å². The van der Waals surface area contributed by atoms with Crippen LogP contribution in [0.4, 0.5) is 5.69 Å². The highest BCUT2D eigenvalue weighted by Crippen LogP contribution is 2.35. The standard InChI is InChI=1S/C18H21N4O/c1-22(2)12-9-15-16(13-22)20-11-6-10-19-17(20)18(23)21(15)14-7-4-3-5-8-14/h3-8,10H,9,11-13H2,1-2H3/q+1. The lowest BCUT2D eigenvalue weighted by molar-refractivity contribution is -0.887. The second-order valence-electron chi connectivity index (χ2n) is 6.89. The van der Waals surface area contributed by atoms with Crippen LogP contribution in [0.15, 0.2) is 59.0 Å². The first kappa shape index (κ1) is 14.2. The Kier molecular flexibility index (Phi) is 3.13. The normalized spacial score (nSPS) is 22.7. The molecule has 1 aromatic rings. The lowest BCUT2D eigenvalue weighted by Crippen LogP contribution is -2.58. The molecule has 5 nitrogen and oxygen atoms in total. The number of amidine groups is 1. The largest absolute Gasteiger partial charge is 0.323 e. The topological polar surface area (TPSA) is 35.9 Å². The van der Waals surface area contributed by atoms with Crippen LogP contribution < -0.4 is 4.90 Å². The van der Waals surface area contributed by atoms with Crippen LogP contribution in [0.1, 0.15) is 6.42 Å². The molecular weight excluding hydrogens is 288 g/mol. The Morgan fingerprint density at radius 1 is 1.13 bits per heavy atom. The van der Waals surface area contributed by atoms with E-state index >= 15 is 0 Å². The second kappa shape index (κ2) is 5.06. The van der Waals surface area contributed by atoms with E-state index in [1.807, 2.05) is 41.3 Å². The van der Waals surface area contributed by atoms with Crippen molar-refractivity contribution >= 4 is 17.4 Å². The molecule has 5 heteroatoms. The Bertz CT molecular complexity index is 746. The van der Waals surface area contributed by atoms with Crippen LogP contribution in [0.3, 0.4) is 0 Å². The fourth-order valence-electron chi connectivity index (χ4n) is 3.52. The average Bonchev–Trinajstić information content (AvgIpc) is 2.56. The maximum Gasteiger partial charge on any atom is 0.298 e. The molecule has 0 spiro atoms. The number of para-hydroxylation sites is 1. The van der Waals surface area contributed by atoms with Gasteiger partial charge in [-0.05, 0) is 18.2 Å². The molecule has 1 aromatic carbocycles. The molecule has 3 aliphatic rings. The number of rotatable bonds is 1. The van der Waals surface area contributed by atoms with Crippen molar-refractivity contribution in [2.24, 2.45) is 4.99 Å². The van der Waals surface area contributed by atoms with Gasteiger partial charge in [0, 0.05) is 24.9 Å². The molecule has 0 atom stereocenters. The van der Waals surface area contributed by atoms with Gasteiger partial charge in [-0.2, -0.15) is 0 Å². The van der Waals surface area contributed by atoms with E-state index in [2.05, 4.69) is 24.0 Å². The van der Waals surface area contributed by atoms with E-state index in [4.69, 9.17) is 0 Å². The number of hydrogen-bond donors (Lipinski definition) is 0. The van der Waals surface area contributed by atoms with E-state index in [0.29, 0.717) is 5.84 Å². The molecule has 3 aliphatic heterocycles. The molecule has 0 bridgehead atoms. The second-order valence-corrected chi connectivity index (χ2v) is 6.89. The number of fused-ring (bicyclic) bond motifs is 2. The summed E-state index contributed by atoms with van der Waals surface area (Å²) in [7, 11) is 4.48. The first-order valence-electron chi connectivity index (χ1n) is 8.01. The average molecular weight is 309 g/mol. The van der Waals surface area contributed by atoms with Crippen molar-refractivity contribution in [1.29, 1.82) is 0 Å². The highest BCUT2D eigenvalue weighted by molar-refractivity contribution is 6.44. The van der Waals surface area contributed by atoms with Crippen molar-refractivity contribution in [3.63, 3.8) is 0 Å². The van der Waals surface area contributed by atoms with E-state index in [0.717, 1.165) is 41.9 Å². The molecule has 23 heavy (non-hydrogen) atoms. The Balaban J connectivity index is 1.88. The molecule has 0 N–H and O–H groups in total. The predicted octanol–water partition coefficient (Wildman–Crippen LogP) is 1.95. The van der Waals surface area contributed by atoms with E-state index < -0.39 is 0 Å². The van der Waals surface area contributed by atoms with Gasteiger partial charge in [-0.25, -0.2) is 4.99 Å². The fourth-order valence-corrected chi connectivity index (χ4v) is 3.52. The van der Waals surface area contributed by atoms with E-state index in [1.165, 1.54) is 5.70 Å². The van der Waals surface area contributed by atoms with Crippen molar-refractivity contribution in [1.82, 2.24) is 4.90 Å². The highest BCUT2D eigenvalue weighted by Gasteiger charge is 2.43. The van der Waals surface area contributed by atoms with Gasteiger partial charge in [0.25, 0.3) is 5.91 Å². The lowest BCUT2D eigenvalue weighted by atomic mass is 10.0. The first-order chi connectivity index (χ1) is 11.1. The molecule has 0 unspecified atom stereocenters. The van der Waals surface area contributed by atoms with Gasteiger partial charge in [-0.3, -0.25) is 9.69 Å². The maximum atomic E-state index is 13.1. The zero-order chi connectivity index (χ0) is 16.0. The smallest absolute Gasteiger partial charge is 0.298 e. The van der Waals surface area contributed by atoms with Gasteiger partial charge in [0.05, 0.1) is 32.0 Å². The summed E-state index contributed by atoms with van der Waals surface area (Å²) in [4.78, 5) is 21.4. The van der Waals surface area contributed by atoms with E-state index in [-0.39, 0.29) is 5.91 Å². The zero-order valence-corrected chi connectivity index (χ0v) is 13.6. The maximum absolute atomic E-state index is 13.1. The number of amides is 1. The van der Waals surface area contributed by atoms with Crippen molar-refractivity contribution in [2.45, 2.75) is 6.42 Å².